The van der Waals surface area contributed by atoms with Crippen LogP contribution in [0.5, 0.6) is 0 Å². The summed E-state index contributed by atoms with van der Waals surface area (Å²) in [6.45, 7) is 7.76. The Morgan fingerprint density at radius 1 is 1.22 bits per heavy atom. The van der Waals surface area contributed by atoms with Crippen LogP contribution in [0.15, 0.2) is 30.3 Å². The summed E-state index contributed by atoms with van der Waals surface area (Å²) in [6, 6.07) is 10.5. The van der Waals surface area contributed by atoms with Crippen molar-refractivity contribution in [2.75, 3.05) is 10.6 Å². The highest BCUT2D eigenvalue weighted by Gasteiger charge is 2.16. The summed E-state index contributed by atoms with van der Waals surface area (Å²) in [5.41, 5.74) is 1.58. The number of carbonyl (C=O) groups excluding carboxylic acids is 1. The smallest absolute Gasteiger partial charge is 0.274 e. The quantitative estimate of drug-likeness (QED) is 0.909. The Morgan fingerprint density at radius 3 is 2.57 bits per heavy atom. The Kier molecular flexibility index (Phi) is 4.60. The third kappa shape index (κ3) is 4.51. The number of nitriles is 1. The molecular weight excluding hydrogens is 290 g/mol. The Hall–Kier alpha value is -2.94. The molecule has 0 fully saturated rings. The first-order chi connectivity index (χ1) is 10.8. The second-order valence-corrected chi connectivity index (χ2v) is 6.20. The summed E-state index contributed by atoms with van der Waals surface area (Å²) in [5.74, 6) is 0.0198. The molecule has 1 aromatic heterocycles. The monoisotopic (exact) mass is 309 g/mol. The molecule has 0 spiro atoms. The minimum atomic E-state index is -0.379. The number of nitrogens with one attached hydrogen (secondary N) is 2. The van der Waals surface area contributed by atoms with E-state index in [4.69, 9.17) is 5.26 Å². The summed E-state index contributed by atoms with van der Waals surface area (Å²) >= 11 is 0. The molecule has 1 amide bonds. The largest absolute Gasteiger partial charge is 0.350 e. The maximum absolute atomic E-state index is 12.4. The number of anilines is 2. The predicted molar refractivity (Wildman–Crippen MR) is 89.3 cm³/mol. The van der Waals surface area contributed by atoms with Gasteiger partial charge < -0.3 is 10.6 Å². The van der Waals surface area contributed by atoms with E-state index in [2.05, 4.69) is 20.6 Å². The molecule has 1 heterocycles. The highest BCUT2D eigenvalue weighted by atomic mass is 16.1. The molecule has 0 aliphatic heterocycles. The van der Waals surface area contributed by atoms with E-state index in [9.17, 15) is 4.79 Å². The summed E-state index contributed by atoms with van der Waals surface area (Å²) in [5, 5.41) is 14.9. The van der Waals surface area contributed by atoms with Gasteiger partial charge in [-0.15, -0.1) is 0 Å². The van der Waals surface area contributed by atoms with E-state index in [0.29, 0.717) is 22.9 Å². The average molecular weight is 309 g/mol. The number of rotatable bonds is 3. The van der Waals surface area contributed by atoms with Gasteiger partial charge in [-0.1, -0.05) is 12.1 Å². The number of nitrogens with zero attached hydrogens (tertiary/aromatic N) is 3. The fourth-order valence-electron chi connectivity index (χ4n) is 1.95. The van der Waals surface area contributed by atoms with Gasteiger partial charge in [0.1, 0.15) is 11.8 Å². The predicted octanol–water partition coefficient (Wildman–Crippen LogP) is 3.12. The maximum Gasteiger partial charge on any atom is 0.274 e. The zero-order valence-corrected chi connectivity index (χ0v) is 13.6. The number of hydrogen-bond donors (Lipinski definition) is 2. The normalized spacial score (nSPS) is 10.7. The van der Waals surface area contributed by atoms with E-state index < -0.39 is 0 Å². The number of amides is 1. The van der Waals surface area contributed by atoms with Gasteiger partial charge in [0.25, 0.3) is 5.91 Å². The van der Waals surface area contributed by atoms with Crippen molar-refractivity contribution in [2.24, 2.45) is 0 Å². The summed E-state index contributed by atoms with van der Waals surface area (Å²) in [4.78, 5) is 21.0. The van der Waals surface area contributed by atoms with E-state index in [1.165, 1.54) is 0 Å². The summed E-state index contributed by atoms with van der Waals surface area (Å²) in [7, 11) is 0. The molecule has 0 saturated heterocycles. The molecule has 0 bridgehead atoms. The van der Waals surface area contributed by atoms with E-state index in [1.54, 1.807) is 37.3 Å². The number of aryl methyl sites for hydroxylation is 1. The molecule has 118 valence electrons. The van der Waals surface area contributed by atoms with Crippen LogP contribution in [-0.2, 0) is 0 Å². The number of para-hydroxylation sites is 1. The van der Waals surface area contributed by atoms with Crippen LogP contribution in [0.4, 0.5) is 11.6 Å². The lowest BCUT2D eigenvalue weighted by Crippen LogP contribution is -2.28. The van der Waals surface area contributed by atoms with Crippen molar-refractivity contribution in [3.63, 3.8) is 0 Å². The molecule has 2 N–H and O–H groups in total. The zero-order valence-electron chi connectivity index (χ0n) is 13.6. The highest BCUT2D eigenvalue weighted by molar-refractivity contribution is 6.03. The van der Waals surface area contributed by atoms with Gasteiger partial charge in [0, 0.05) is 11.2 Å². The van der Waals surface area contributed by atoms with Crippen LogP contribution in [0.1, 0.15) is 42.5 Å². The summed E-state index contributed by atoms with van der Waals surface area (Å²) < 4.78 is 0. The van der Waals surface area contributed by atoms with Crippen molar-refractivity contribution in [1.29, 1.82) is 5.26 Å². The van der Waals surface area contributed by atoms with Crippen molar-refractivity contribution in [1.82, 2.24) is 9.97 Å². The molecule has 2 aromatic rings. The zero-order chi connectivity index (χ0) is 17.0. The van der Waals surface area contributed by atoms with Gasteiger partial charge >= 0.3 is 0 Å². The van der Waals surface area contributed by atoms with Crippen LogP contribution in [-0.4, -0.2) is 21.4 Å². The minimum absolute atomic E-state index is 0.213. The molecule has 0 aliphatic rings. The second-order valence-electron chi connectivity index (χ2n) is 6.20. The van der Waals surface area contributed by atoms with Crippen LogP contribution < -0.4 is 10.6 Å². The Bertz CT molecular complexity index is 771. The van der Waals surface area contributed by atoms with Gasteiger partial charge in [-0.3, -0.25) is 4.79 Å². The molecule has 0 atom stereocenters. The Balaban J connectivity index is 2.27. The molecule has 1 aromatic carbocycles. The molecule has 6 heteroatoms. The van der Waals surface area contributed by atoms with Crippen molar-refractivity contribution < 1.29 is 4.79 Å². The molecule has 0 unspecified atom stereocenters. The third-order valence-corrected chi connectivity index (χ3v) is 2.87. The molecular formula is C17H19N5O. The molecule has 0 saturated carbocycles. The highest BCUT2D eigenvalue weighted by Crippen LogP contribution is 2.16. The van der Waals surface area contributed by atoms with Gasteiger partial charge in [0.15, 0.2) is 0 Å². The van der Waals surface area contributed by atoms with E-state index in [1.807, 2.05) is 26.8 Å². The van der Waals surface area contributed by atoms with Crippen LogP contribution in [0.3, 0.4) is 0 Å². The lowest BCUT2D eigenvalue weighted by atomic mass is 10.1. The fraction of sp³-hybridized carbons (Fsp3) is 0.294. The number of carbonyl (C=O) groups is 1. The first kappa shape index (κ1) is 16.4. The number of aromatic nitrogens is 2. The SMILES string of the molecule is Cc1cc(C(=O)Nc2ccccc2C#N)nc(NC(C)(C)C)n1. The Labute approximate surface area is 135 Å². The van der Waals surface area contributed by atoms with Crippen molar-refractivity contribution in [3.8, 4) is 6.07 Å². The topological polar surface area (TPSA) is 90.7 Å². The molecule has 2 rings (SSSR count). The van der Waals surface area contributed by atoms with Crippen LogP contribution >= 0.6 is 0 Å². The van der Waals surface area contributed by atoms with Crippen LogP contribution in [0.2, 0.25) is 0 Å². The number of benzene rings is 1. The van der Waals surface area contributed by atoms with Crippen molar-refractivity contribution in [3.05, 3.63) is 47.3 Å². The number of hydrogen-bond acceptors (Lipinski definition) is 5. The first-order valence-corrected chi connectivity index (χ1v) is 7.23. The van der Waals surface area contributed by atoms with Gasteiger partial charge in [-0.25, -0.2) is 9.97 Å². The fourth-order valence-corrected chi connectivity index (χ4v) is 1.95. The van der Waals surface area contributed by atoms with Gasteiger partial charge in [-0.2, -0.15) is 5.26 Å². The molecule has 6 nitrogen and oxygen atoms in total. The molecule has 0 radical (unpaired) electrons. The van der Waals surface area contributed by atoms with E-state index in [-0.39, 0.29) is 17.1 Å². The summed E-state index contributed by atoms with van der Waals surface area (Å²) in [6.07, 6.45) is 0. The molecule has 0 aliphatic carbocycles. The van der Waals surface area contributed by atoms with Gasteiger partial charge in [0.05, 0.1) is 11.3 Å². The molecule has 23 heavy (non-hydrogen) atoms. The van der Waals surface area contributed by atoms with Crippen molar-refractivity contribution in [2.45, 2.75) is 33.2 Å². The van der Waals surface area contributed by atoms with E-state index in [0.717, 1.165) is 0 Å². The van der Waals surface area contributed by atoms with Crippen LogP contribution in [0, 0.1) is 18.3 Å². The average Bonchev–Trinajstić information content (AvgIpc) is 2.45. The lowest BCUT2D eigenvalue weighted by molar-refractivity contribution is 0.102. The van der Waals surface area contributed by atoms with Crippen LogP contribution in [0.25, 0.3) is 0 Å². The lowest BCUT2D eigenvalue weighted by Gasteiger charge is -2.20. The minimum Gasteiger partial charge on any atom is -0.350 e. The van der Waals surface area contributed by atoms with Gasteiger partial charge in [0.2, 0.25) is 5.95 Å². The second kappa shape index (κ2) is 6.44. The Morgan fingerprint density at radius 2 is 1.91 bits per heavy atom. The third-order valence-electron chi connectivity index (χ3n) is 2.87. The maximum atomic E-state index is 12.4. The van der Waals surface area contributed by atoms with E-state index >= 15 is 0 Å². The van der Waals surface area contributed by atoms with Crippen molar-refractivity contribution >= 4 is 17.5 Å². The van der Waals surface area contributed by atoms with Gasteiger partial charge in [-0.05, 0) is 45.9 Å². The first-order valence-electron chi connectivity index (χ1n) is 7.23. The standard InChI is InChI=1S/C17H19N5O/c1-11-9-14(21-16(19-11)22-17(2,3)4)15(23)20-13-8-6-5-7-12(13)10-18/h5-9H,1-4H3,(H,20,23)(H,19,21,22).